The van der Waals surface area contributed by atoms with Crippen LogP contribution >= 0.6 is 15.9 Å². The third-order valence-electron chi connectivity index (χ3n) is 1.73. The maximum atomic E-state index is 12.5. The van der Waals surface area contributed by atoms with Crippen LogP contribution in [0.15, 0.2) is 10.8 Å². The Labute approximate surface area is 98.7 Å². The van der Waals surface area contributed by atoms with Gasteiger partial charge in [-0.1, -0.05) is 0 Å². The Morgan fingerprint density at radius 1 is 1.41 bits per heavy atom. The van der Waals surface area contributed by atoms with E-state index in [1.165, 1.54) is 0 Å². The molecule has 0 aliphatic heterocycles. The molecule has 0 saturated carbocycles. The second-order valence-corrected chi connectivity index (χ2v) is 3.53. The highest BCUT2D eigenvalue weighted by Crippen LogP contribution is 2.43. The van der Waals surface area contributed by atoms with E-state index in [2.05, 4.69) is 20.9 Å². The van der Waals surface area contributed by atoms with Gasteiger partial charge in [-0.25, -0.2) is 13.8 Å². The molecule has 1 aromatic heterocycles. The lowest BCUT2D eigenvalue weighted by molar-refractivity contribution is -0.389. The second kappa shape index (κ2) is 4.51. The molecule has 0 N–H and O–H groups in total. The molecule has 0 bridgehead atoms. The van der Waals surface area contributed by atoms with Gasteiger partial charge in [-0.05, 0) is 15.9 Å². The molecule has 1 aromatic rings. The molecule has 0 amide bonds. The van der Waals surface area contributed by atoms with Gasteiger partial charge in [0.05, 0.1) is 4.92 Å². The highest BCUT2D eigenvalue weighted by molar-refractivity contribution is 9.10. The summed E-state index contributed by atoms with van der Waals surface area (Å²) in [7, 11) is 0. The van der Waals surface area contributed by atoms with Crippen LogP contribution in [0.5, 0.6) is 0 Å². The van der Waals surface area contributed by atoms with Crippen molar-refractivity contribution in [2.24, 2.45) is 0 Å². The minimum absolute atomic E-state index is 0.335. The average Bonchev–Trinajstić information content (AvgIpc) is 2.14. The van der Waals surface area contributed by atoms with E-state index in [9.17, 15) is 32.1 Å². The van der Waals surface area contributed by atoms with Gasteiger partial charge in [-0.3, -0.25) is 10.1 Å². The van der Waals surface area contributed by atoms with Gasteiger partial charge in [-0.15, -0.1) is 0 Å². The predicted octanol–water partition coefficient (Wildman–Crippen LogP) is 3.71. The van der Waals surface area contributed by atoms with Gasteiger partial charge in [0.1, 0.15) is 10.2 Å². The number of hydrogen-bond acceptors (Lipinski definition) is 3. The number of alkyl halides is 5. The van der Waals surface area contributed by atoms with Gasteiger partial charge >= 0.3 is 6.18 Å². The van der Waals surface area contributed by atoms with E-state index < -0.39 is 38.9 Å². The Kier molecular flexibility index (Phi) is 3.65. The van der Waals surface area contributed by atoms with Crippen LogP contribution < -0.4 is 0 Å². The first-order chi connectivity index (χ1) is 7.66. The number of halogens is 6. The molecule has 0 atom stereocenters. The van der Waals surface area contributed by atoms with E-state index in [1.54, 1.807) is 0 Å². The highest BCUT2D eigenvalue weighted by atomic mass is 79.9. The summed E-state index contributed by atoms with van der Waals surface area (Å²) < 4.78 is 61.3. The van der Waals surface area contributed by atoms with E-state index in [0.717, 1.165) is 0 Å². The third-order valence-corrected chi connectivity index (χ3v) is 2.34. The first-order valence-electron chi connectivity index (χ1n) is 3.84. The fraction of sp³-hybridized carbons (Fsp3) is 0.286. The number of nitro groups is 1. The lowest BCUT2D eigenvalue weighted by Crippen LogP contribution is -2.13. The number of hydrogen-bond donors (Lipinski definition) is 0. The summed E-state index contributed by atoms with van der Waals surface area (Å²) in [5.74, 6) is 0. The van der Waals surface area contributed by atoms with Gasteiger partial charge < -0.3 is 0 Å². The standard InChI is InChI=1S/C7H2BrF5N2O2/c8-5-3(7(11,12)13)4(15(16)17)2(1-14-5)6(9)10/h1,6H. The molecule has 0 spiro atoms. The molecule has 0 radical (unpaired) electrons. The van der Waals surface area contributed by atoms with E-state index >= 15 is 0 Å². The molecule has 0 aliphatic rings. The molecule has 94 valence electrons. The molecule has 1 heterocycles. The monoisotopic (exact) mass is 320 g/mol. The van der Waals surface area contributed by atoms with Crippen molar-refractivity contribution in [1.82, 2.24) is 4.98 Å². The topological polar surface area (TPSA) is 56.0 Å². The van der Waals surface area contributed by atoms with Crippen molar-refractivity contribution in [3.8, 4) is 0 Å². The maximum absolute atomic E-state index is 12.5. The molecule has 0 saturated heterocycles. The van der Waals surface area contributed by atoms with Crippen molar-refractivity contribution >= 4 is 21.6 Å². The van der Waals surface area contributed by atoms with Crippen LogP contribution in [0.3, 0.4) is 0 Å². The van der Waals surface area contributed by atoms with Crippen LogP contribution in [-0.2, 0) is 6.18 Å². The third kappa shape index (κ3) is 2.68. The van der Waals surface area contributed by atoms with Gasteiger partial charge in [-0.2, -0.15) is 13.2 Å². The van der Waals surface area contributed by atoms with Gasteiger partial charge in [0.2, 0.25) is 0 Å². The minimum Gasteiger partial charge on any atom is -0.258 e. The lowest BCUT2D eigenvalue weighted by atomic mass is 10.1. The summed E-state index contributed by atoms with van der Waals surface area (Å²) in [6.07, 6.45) is -8.24. The van der Waals surface area contributed by atoms with Crippen molar-refractivity contribution in [3.63, 3.8) is 0 Å². The van der Waals surface area contributed by atoms with Crippen LogP contribution in [0, 0.1) is 10.1 Å². The summed E-state index contributed by atoms with van der Waals surface area (Å²) in [6, 6.07) is 0. The largest absolute Gasteiger partial charge is 0.425 e. The zero-order valence-electron chi connectivity index (χ0n) is 7.63. The van der Waals surface area contributed by atoms with E-state index in [4.69, 9.17) is 0 Å². The molecular formula is C7H2BrF5N2O2. The van der Waals surface area contributed by atoms with E-state index in [1.807, 2.05) is 0 Å². The van der Waals surface area contributed by atoms with Crippen LogP contribution in [0.4, 0.5) is 27.6 Å². The Balaban J connectivity index is 3.67. The summed E-state index contributed by atoms with van der Waals surface area (Å²) in [6.45, 7) is 0. The molecular weight excluding hydrogens is 319 g/mol. The van der Waals surface area contributed by atoms with Crippen LogP contribution in [0.1, 0.15) is 17.6 Å². The zero-order valence-corrected chi connectivity index (χ0v) is 9.22. The van der Waals surface area contributed by atoms with Crippen molar-refractivity contribution < 1.29 is 26.9 Å². The fourth-order valence-corrected chi connectivity index (χ4v) is 1.62. The van der Waals surface area contributed by atoms with Crippen molar-refractivity contribution in [2.45, 2.75) is 12.6 Å². The summed E-state index contributed by atoms with van der Waals surface area (Å²) in [5.41, 5.74) is -4.87. The molecule has 1 rings (SSSR count). The SMILES string of the molecule is O=[N+]([O-])c1c(C(F)F)cnc(Br)c1C(F)(F)F. The molecule has 0 fully saturated rings. The van der Waals surface area contributed by atoms with E-state index in [-0.39, 0.29) is 0 Å². The van der Waals surface area contributed by atoms with Crippen LogP contribution in [0.25, 0.3) is 0 Å². The van der Waals surface area contributed by atoms with Crippen molar-refractivity contribution in [2.75, 3.05) is 0 Å². The summed E-state index contributed by atoms with van der Waals surface area (Å²) in [4.78, 5) is 12.0. The summed E-state index contributed by atoms with van der Waals surface area (Å²) >= 11 is 2.35. The number of aromatic nitrogens is 1. The lowest BCUT2D eigenvalue weighted by Gasteiger charge is -2.11. The normalized spacial score (nSPS) is 11.9. The number of pyridine rings is 1. The van der Waals surface area contributed by atoms with Crippen LogP contribution in [0.2, 0.25) is 0 Å². The first-order valence-corrected chi connectivity index (χ1v) is 4.63. The smallest absolute Gasteiger partial charge is 0.258 e. The van der Waals surface area contributed by atoms with Crippen LogP contribution in [-0.4, -0.2) is 9.91 Å². The molecule has 4 nitrogen and oxygen atoms in total. The Hall–Kier alpha value is -1.32. The fourth-order valence-electron chi connectivity index (χ4n) is 1.10. The zero-order chi connectivity index (χ0) is 13.4. The van der Waals surface area contributed by atoms with E-state index in [0.29, 0.717) is 6.20 Å². The predicted molar refractivity (Wildman–Crippen MR) is 48.6 cm³/mol. The van der Waals surface area contributed by atoms with Gasteiger partial charge in [0.25, 0.3) is 12.1 Å². The summed E-state index contributed by atoms with van der Waals surface area (Å²) in [5, 5.41) is 10.5. The second-order valence-electron chi connectivity index (χ2n) is 2.78. The maximum Gasteiger partial charge on any atom is 0.425 e. The molecule has 10 heteroatoms. The van der Waals surface area contributed by atoms with Crippen molar-refractivity contribution in [1.29, 1.82) is 0 Å². The van der Waals surface area contributed by atoms with Gasteiger partial charge in [0.15, 0.2) is 5.56 Å². The molecule has 0 aliphatic carbocycles. The van der Waals surface area contributed by atoms with Crippen molar-refractivity contribution in [3.05, 3.63) is 32.0 Å². The van der Waals surface area contributed by atoms with Gasteiger partial charge in [0, 0.05) is 6.20 Å². The average molecular weight is 321 g/mol. The highest BCUT2D eigenvalue weighted by Gasteiger charge is 2.44. The Morgan fingerprint density at radius 3 is 2.29 bits per heavy atom. The molecule has 0 unspecified atom stereocenters. The number of rotatable bonds is 2. The minimum atomic E-state index is -5.15. The Bertz CT molecular complexity index is 462. The molecule has 0 aromatic carbocycles. The molecule has 17 heavy (non-hydrogen) atoms. The number of nitrogens with zero attached hydrogens (tertiary/aromatic N) is 2. The quantitative estimate of drug-likeness (QED) is 0.361. The first kappa shape index (κ1) is 13.7. The Morgan fingerprint density at radius 2 is 1.94 bits per heavy atom.